The third-order valence-corrected chi connectivity index (χ3v) is 2.21. The van der Waals surface area contributed by atoms with Crippen LogP contribution in [0, 0.1) is 5.82 Å². The van der Waals surface area contributed by atoms with Gasteiger partial charge in [0.25, 0.3) is 0 Å². The SMILES string of the molecule is COc1cc(Nc2ccnc(NN)n2)ccc1F. The highest BCUT2D eigenvalue weighted by Crippen LogP contribution is 2.23. The number of nitrogens with zero attached hydrogens (tertiary/aromatic N) is 2. The summed E-state index contributed by atoms with van der Waals surface area (Å²) in [5.74, 6) is 5.76. The van der Waals surface area contributed by atoms with Crippen LogP contribution >= 0.6 is 0 Å². The predicted octanol–water partition coefficient (Wildman–Crippen LogP) is 1.65. The number of ether oxygens (including phenoxy) is 1. The molecule has 0 aliphatic carbocycles. The summed E-state index contributed by atoms with van der Waals surface area (Å²) in [5, 5.41) is 2.99. The van der Waals surface area contributed by atoms with Crippen molar-refractivity contribution in [3.63, 3.8) is 0 Å². The van der Waals surface area contributed by atoms with Gasteiger partial charge >= 0.3 is 0 Å². The van der Waals surface area contributed by atoms with E-state index in [1.165, 1.54) is 19.2 Å². The van der Waals surface area contributed by atoms with Gasteiger partial charge in [-0.2, -0.15) is 4.98 Å². The quantitative estimate of drug-likeness (QED) is 0.564. The van der Waals surface area contributed by atoms with Crippen molar-refractivity contribution >= 4 is 17.5 Å². The standard InChI is InChI=1S/C11H12FN5O/c1-18-9-6-7(2-3-8(9)12)15-10-4-5-14-11(16-10)17-13/h2-6H,13H2,1H3,(H2,14,15,16,17). The number of aromatic nitrogens is 2. The predicted molar refractivity (Wildman–Crippen MR) is 66.1 cm³/mol. The Morgan fingerprint density at radius 3 is 2.89 bits per heavy atom. The van der Waals surface area contributed by atoms with Gasteiger partial charge in [-0.25, -0.2) is 15.2 Å². The van der Waals surface area contributed by atoms with Crippen LogP contribution in [0.25, 0.3) is 0 Å². The van der Waals surface area contributed by atoms with Gasteiger partial charge in [0, 0.05) is 18.0 Å². The lowest BCUT2D eigenvalue weighted by molar-refractivity contribution is 0.387. The zero-order valence-electron chi connectivity index (χ0n) is 9.64. The van der Waals surface area contributed by atoms with E-state index >= 15 is 0 Å². The smallest absolute Gasteiger partial charge is 0.239 e. The van der Waals surface area contributed by atoms with Crippen molar-refractivity contribution < 1.29 is 9.13 Å². The van der Waals surface area contributed by atoms with Crippen molar-refractivity contribution in [2.75, 3.05) is 17.9 Å². The Kier molecular flexibility index (Phi) is 3.54. The molecule has 2 rings (SSSR count). The maximum Gasteiger partial charge on any atom is 0.239 e. The molecular formula is C11H12FN5O. The number of hydrazine groups is 1. The van der Waals surface area contributed by atoms with Crippen LogP contribution in [0.5, 0.6) is 5.75 Å². The molecule has 0 aliphatic heterocycles. The molecule has 0 spiro atoms. The highest BCUT2D eigenvalue weighted by Gasteiger charge is 2.04. The number of nitrogens with two attached hydrogens (primary N) is 1. The third kappa shape index (κ3) is 2.64. The molecule has 7 heteroatoms. The number of methoxy groups -OCH3 is 1. The van der Waals surface area contributed by atoms with Crippen molar-refractivity contribution in [1.29, 1.82) is 0 Å². The van der Waals surface area contributed by atoms with Crippen LogP contribution in [0.1, 0.15) is 0 Å². The summed E-state index contributed by atoms with van der Waals surface area (Å²) in [6, 6.07) is 6.09. The Hall–Kier alpha value is -2.41. The van der Waals surface area contributed by atoms with E-state index in [1.807, 2.05) is 0 Å². The van der Waals surface area contributed by atoms with E-state index in [2.05, 4.69) is 20.7 Å². The molecule has 18 heavy (non-hydrogen) atoms. The van der Waals surface area contributed by atoms with Gasteiger partial charge in [0.05, 0.1) is 7.11 Å². The van der Waals surface area contributed by atoms with Crippen molar-refractivity contribution in [2.45, 2.75) is 0 Å². The molecule has 94 valence electrons. The van der Waals surface area contributed by atoms with Gasteiger partial charge in [-0.1, -0.05) is 0 Å². The van der Waals surface area contributed by atoms with Crippen molar-refractivity contribution in [1.82, 2.24) is 9.97 Å². The van der Waals surface area contributed by atoms with Crippen LogP contribution in [0.2, 0.25) is 0 Å². The summed E-state index contributed by atoms with van der Waals surface area (Å²) < 4.78 is 18.1. The summed E-state index contributed by atoms with van der Waals surface area (Å²) in [6.07, 6.45) is 1.55. The number of halogens is 1. The Balaban J connectivity index is 2.22. The Labute approximate surface area is 103 Å². The fourth-order valence-electron chi connectivity index (χ4n) is 1.38. The maximum absolute atomic E-state index is 13.2. The molecule has 0 unspecified atom stereocenters. The second kappa shape index (κ2) is 5.28. The first-order valence-corrected chi connectivity index (χ1v) is 5.13. The lowest BCUT2D eigenvalue weighted by Crippen LogP contribution is -2.10. The molecule has 0 fully saturated rings. The lowest BCUT2D eigenvalue weighted by Gasteiger charge is -2.08. The van der Waals surface area contributed by atoms with Crippen molar-refractivity contribution in [2.24, 2.45) is 5.84 Å². The molecule has 0 radical (unpaired) electrons. The number of hydrogen-bond donors (Lipinski definition) is 3. The number of benzene rings is 1. The Bertz CT molecular complexity index is 549. The number of anilines is 3. The number of nitrogen functional groups attached to an aromatic ring is 1. The fraction of sp³-hybridized carbons (Fsp3) is 0.0909. The van der Waals surface area contributed by atoms with Crippen LogP contribution in [-0.4, -0.2) is 17.1 Å². The van der Waals surface area contributed by atoms with Crippen LogP contribution in [0.4, 0.5) is 21.8 Å². The van der Waals surface area contributed by atoms with E-state index in [0.717, 1.165) is 0 Å². The fourth-order valence-corrected chi connectivity index (χ4v) is 1.38. The first-order chi connectivity index (χ1) is 8.72. The van der Waals surface area contributed by atoms with Crippen LogP contribution in [0.3, 0.4) is 0 Å². The molecule has 0 aliphatic rings. The van der Waals surface area contributed by atoms with Gasteiger partial charge in [-0.15, -0.1) is 0 Å². The zero-order valence-corrected chi connectivity index (χ0v) is 9.64. The van der Waals surface area contributed by atoms with E-state index in [-0.39, 0.29) is 11.7 Å². The minimum absolute atomic E-state index is 0.159. The minimum Gasteiger partial charge on any atom is -0.494 e. The normalized spacial score (nSPS) is 9.94. The molecule has 0 bridgehead atoms. The molecule has 0 atom stereocenters. The van der Waals surface area contributed by atoms with E-state index in [1.54, 1.807) is 18.3 Å². The molecular weight excluding hydrogens is 237 g/mol. The van der Waals surface area contributed by atoms with Crippen LogP contribution in [-0.2, 0) is 0 Å². The summed E-state index contributed by atoms with van der Waals surface area (Å²) in [4.78, 5) is 7.95. The third-order valence-electron chi connectivity index (χ3n) is 2.21. The molecule has 0 saturated carbocycles. The first kappa shape index (κ1) is 12.1. The van der Waals surface area contributed by atoms with Gasteiger partial charge in [-0.3, -0.25) is 5.43 Å². The lowest BCUT2D eigenvalue weighted by atomic mass is 10.3. The summed E-state index contributed by atoms with van der Waals surface area (Å²) in [5.41, 5.74) is 2.99. The largest absolute Gasteiger partial charge is 0.494 e. The average molecular weight is 249 g/mol. The number of nitrogens with one attached hydrogen (secondary N) is 2. The second-order valence-electron chi connectivity index (χ2n) is 3.38. The molecule has 4 N–H and O–H groups in total. The number of hydrogen-bond acceptors (Lipinski definition) is 6. The summed E-state index contributed by atoms with van der Waals surface area (Å²) >= 11 is 0. The molecule has 1 heterocycles. The van der Waals surface area contributed by atoms with Crippen molar-refractivity contribution in [3.8, 4) is 5.75 Å². The van der Waals surface area contributed by atoms with E-state index in [9.17, 15) is 4.39 Å². The van der Waals surface area contributed by atoms with Gasteiger partial charge in [0.1, 0.15) is 5.82 Å². The van der Waals surface area contributed by atoms with Gasteiger partial charge in [0.15, 0.2) is 11.6 Å². The topological polar surface area (TPSA) is 85.1 Å². The van der Waals surface area contributed by atoms with Crippen molar-refractivity contribution in [3.05, 3.63) is 36.3 Å². The van der Waals surface area contributed by atoms with E-state index in [0.29, 0.717) is 11.5 Å². The molecule has 1 aromatic heterocycles. The molecule has 2 aromatic rings. The van der Waals surface area contributed by atoms with Gasteiger partial charge in [0.2, 0.25) is 5.95 Å². The van der Waals surface area contributed by atoms with Gasteiger partial charge in [-0.05, 0) is 18.2 Å². The zero-order chi connectivity index (χ0) is 13.0. The Morgan fingerprint density at radius 2 is 2.17 bits per heavy atom. The first-order valence-electron chi connectivity index (χ1n) is 5.13. The monoisotopic (exact) mass is 249 g/mol. The van der Waals surface area contributed by atoms with Crippen LogP contribution in [0.15, 0.2) is 30.5 Å². The summed E-state index contributed by atoms with van der Waals surface area (Å²) in [7, 11) is 1.41. The Morgan fingerprint density at radius 1 is 1.33 bits per heavy atom. The summed E-state index contributed by atoms with van der Waals surface area (Å²) in [6.45, 7) is 0. The maximum atomic E-state index is 13.2. The number of rotatable bonds is 4. The highest BCUT2D eigenvalue weighted by atomic mass is 19.1. The molecule has 1 aromatic carbocycles. The molecule has 0 saturated heterocycles. The highest BCUT2D eigenvalue weighted by molar-refractivity contribution is 5.59. The molecule has 0 amide bonds. The van der Waals surface area contributed by atoms with Gasteiger partial charge < -0.3 is 10.1 Å². The van der Waals surface area contributed by atoms with E-state index in [4.69, 9.17) is 10.6 Å². The van der Waals surface area contributed by atoms with E-state index < -0.39 is 5.82 Å². The average Bonchev–Trinajstić information content (AvgIpc) is 2.41. The second-order valence-corrected chi connectivity index (χ2v) is 3.38. The minimum atomic E-state index is -0.421. The van der Waals surface area contributed by atoms with Crippen LogP contribution < -0.4 is 21.3 Å². The molecule has 6 nitrogen and oxygen atoms in total.